The van der Waals surface area contributed by atoms with Gasteiger partial charge in [0.05, 0.1) is 5.56 Å². The van der Waals surface area contributed by atoms with Gasteiger partial charge in [-0.25, -0.2) is 9.78 Å². The lowest BCUT2D eigenvalue weighted by atomic mass is 9.73. The summed E-state index contributed by atoms with van der Waals surface area (Å²) in [6.45, 7) is 4.51. The molecule has 3 aromatic rings. The SMILES string of the molecule is CC1(C)CC=C(c2nccs2)c2ccc(C#Cc3ccc(C(=O)O)cc3)cc21. The number of carbonyl (C=O) groups is 1. The van der Waals surface area contributed by atoms with Crippen molar-refractivity contribution in [1.82, 2.24) is 4.98 Å². The number of fused-ring (bicyclic) bond motifs is 1. The van der Waals surface area contributed by atoms with Crippen molar-refractivity contribution >= 4 is 22.9 Å². The van der Waals surface area contributed by atoms with Gasteiger partial charge >= 0.3 is 5.97 Å². The molecule has 1 aliphatic rings. The van der Waals surface area contributed by atoms with Crippen LogP contribution >= 0.6 is 11.3 Å². The number of rotatable bonds is 2. The third-order valence-corrected chi connectivity index (χ3v) is 5.81. The summed E-state index contributed by atoms with van der Waals surface area (Å²) in [5.41, 5.74) is 5.77. The highest BCUT2D eigenvalue weighted by Crippen LogP contribution is 2.41. The van der Waals surface area contributed by atoms with Crippen LogP contribution in [0.1, 0.15) is 57.9 Å². The summed E-state index contributed by atoms with van der Waals surface area (Å²) in [6.07, 6.45) is 5.09. The number of thiazole rings is 1. The zero-order chi connectivity index (χ0) is 19.7. The van der Waals surface area contributed by atoms with Crippen molar-refractivity contribution in [3.05, 3.63) is 92.9 Å². The van der Waals surface area contributed by atoms with Crippen LogP contribution in [0.4, 0.5) is 0 Å². The van der Waals surface area contributed by atoms with E-state index in [0.29, 0.717) is 0 Å². The number of allylic oxidation sites excluding steroid dienone is 1. The summed E-state index contributed by atoms with van der Waals surface area (Å²) in [7, 11) is 0. The van der Waals surface area contributed by atoms with E-state index in [9.17, 15) is 4.79 Å². The van der Waals surface area contributed by atoms with Gasteiger partial charge in [-0.2, -0.15) is 0 Å². The Hall–Kier alpha value is -3.16. The summed E-state index contributed by atoms with van der Waals surface area (Å²) in [4.78, 5) is 15.4. The summed E-state index contributed by atoms with van der Waals surface area (Å²) < 4.78 is 0. The van der Waals surface area contributed by atoms with Crippen LogP contribution in [0, 0.1) is 11.8 Å². The van der Waals surface area contributed by atoms with Crippen molar-refractivity contribution in [1.29, 1.82) is 0 Å². The first-order valence-electron chi connectivity index (χ1n) is 9.04. The molecule has 1 heterocycles. The average Bonchev–Trinajstić information content (AvgIpc) is 3.21. The molecule has 0 saturated heterocycles. The van der Waals surface area contributed by atoms with Gasteiger partial charge in [0.2, 0.25) is 0 Å². The third kappa shape index (κ3) is 3.49. The van der Waals surface area contributed by atoms with Crippen LogP contribution in [0.5, 0.6) is 0 Å². The maximum absolute atomic E-state index is 11.0. The van der Waals surface area contributed by atoms with Gasteiger partial charge in [-0.05, 0) is 59.4 Å². The Kier molecular flexibility index (Phi) is 4.62. The number of benzene rings is 2. The fourth-order valence-corrected chi connectivity index (χ4v) is 4.09. The zero-order valence-electron chi connectivity index (χ0n) is 15.7. The zero-order valence-corrected chi connectivity index (χ0v) is 16.5. The fourth-order valence-electron chi connectivity index (χ4n) is 3.39. The van der Waals surface area contributed by atoms with Gasteiger partial charge in [-0.1, -0.05) is 37.8 Å². The highest BCUT2D eigenvalue weighted by atomic mass is 32.1. The summed E-state index contributed by atoms with van der Waals surface area (Å²) in [6, 6.07) is 13.0. The topological polar surface area (TPSA) is 50.2 Å². The average molecular weight is 385 g/mol. The number of carboxylic acid groups (broad SMARTS) is 1. The van der Waals surface area contributed by atoms with Crippen molar-refractivity contribution in [2.75, 3.05) is 0 Å². The van der Waals surface area contributed by atoms with Crippen LogP contribution < -0.4 is 0 Å². The van der Waals surface area contributed by atoms with Crippen molar-refractivity contribution in [2.24, 2.45) is 0 Å². The van der Waals surface area contributed by atoms with E-state index >= 15 is 0 Å². The van der Waals surface area contributed by atoms with Gasteiger partial charge in [-0.15, -0.1) is 11.3 Å². The van der Waals surface area contributed by atoms with Gasteiger partial charge in [0, 0.05) is 28.3 Å². The normalized spacial score (nSPS) is 14.4. The number of hydrogen-bond acceptors (Lipinski definition) is 3. The Labute approximate surface area is 168 Å². The molecule has 0 fully saturated rings. The molecule has 0 aliphatic heterocycles. The van der Waals surface area contributed by atoms with E-state index < -0.39 is 5.97 Å². The molecule has 1 aliphatic carbocycles. The Bertz CT molecular complexity index is 1130. The Morgan fingerprint density at radius 2 is 1.82 bits per heavy atom. The first kappa shape index (κ1) is 18.2. The molecule has 0 bridgehead atoms. The van der Waals surface area contributed by atoms with E-state index in [-0.39, 0.29) is 11.0 Å². The molecular formula is C24H19NO2S. The van der Waals surface area contributed by atoms with E-state index in [1.165, 1.54) is 16.7 Å². The fraction of sp³-hybridized carbons (Fsp3) is 0.167. The van der Waals surface area contributed by atoms with Gasteiger partial charge in [-0.3, -0.25) is 0 Å². The molecule has 2 aromatic carbocycles. The monoisotopic (exact) mass is 385 g/mol. The molecule has 1 N–H and O–H groups in total. The molecule has 138 valence electrons. The van der Waals surface area contributed by atoms with Crippen LogP contribution in [0.3, 0.4) is 0 Å². The molecule has 0 saturated carbocycles. The van der Waals surface area contributed by atoms with Gasteiger partial charge in [0.25, 0.3) is 0 Å². The second-order valence-electron chi connectivity index (χ2n) is 7.44. The van der Waals surface area contributed by atoms with Crippen LogP contribution in [0.25, 0.3) is 5.57 Å². The van der Waals surface area contributed by atoms with Gasteiger partial charge < -0.3 is 5.11 Å². The second-order valence-corrected chi connectivity index (χ2v) is 8.33. The van der Waals surface area contributed by atoms with Crippen LogP contribution in [0.15, 0.2) is 60.1 Å². The van der Waals surface area contributed by atoms with Crippen molar-refractivity contribution in [3.63, 3.8) is 0 Å². The molecule has 4 heteroatoms. The van der Waals surface area contributed by atoms with Crippen molar-refractivity contribution < 1.29 is 9.90 Å². The molecule has 0 unspecified atom stereocenters. The molecule has 0 spiro atoms. The minimum Gasteiger partial charge on any atom is -0.478 e. The Morgan fingerprint density at radius 3 is 2.50 bits per heavy atom. The van der Waals surface area contributed by atoms with E-state index in [1.54, 1.807) is 35.6 Å². The van der Waals surface area contributed by atoms with Gasteiger partial charge in [0.1, 0.15) is 5.01 Å². The van der Waals surface area contributed by atoms with E-state index in [4.69, 9.17) is 5.11 Å². The lowest BCUT2D eigenvalue weighted by molar-refractivity contribution is 0.0697. The third-order valence-electron chi connectivity index (χ3n) is 5.00. The Morgan fingerprint density at radius 1 is 1.11 bits per heavy atom. The summed E-state index contributed by atoms with van der Waals surface area (Å²) in [5, 5.41) is 12.0. The highest BCUT2D eigenvalue weighted by molar-refractivity contribution is 7.10. The number of hydrogen-bond donors (Lipinski definition) is 1. The minimum atomic E-state index is -0.930. The number of carboxylic acids is 1. The van der Waals surface area contributed by atoms with E-state index in [0.717, 1.165) is 22.6 Å². The molecule has 0 amide bonds. The molecular weight excluding hydrogens is 366 g/mol. The Balaban J connectivity index is 1.69. The number of aromatic nitrogens is 1. The predicted octanol–water partition coefficient (Wildman–Crippen LogP) is 5.35. The number of nitrogens with zero attached hydrogens (tertiary/aromatic N) is 1. The summed E-state index contributed by atoms with van der Waals surface area (Å²) in [5.74, 6) is 5.42. The smallest absolute Gasteiger partial charge is 0.335 e. The molecule has 1 aromatic heterocycles. The quantitative estimate of drug-likeness (QED) is 0.605. The molecule has 0 radical (unpaired) electrons. The summed E-state index contributed by atoms with van der Waals surface area (Å²) >= 11 is 1.66. The largest absolute Gasteiger partial charge is 0.478 e. The van der Waals surface area contributed by atoms with Crippen LogP contribution in [0.2, 0.25) is 0 Å². The lowest BCUT2D eigenvalue weighted by Crippen LogP contribution is -2.22. The minimum absolute atomic E-state index is 0.0386. The predicted molar refractivity (Wildman–Crippen MR) is 113 cm³/mol. The molecule has 28 heavy (non-hydrogen) atoms. The second kappa shape index (κ2) is 7.10. The van der Waals surface area contributed by atoms with Crippen molar-refractivity contribution in [2.45, 2.75) is 25.7 Å². The standard InChI is InChI=1S/C24H19NO2S/c1-24(2)12-11-20(22-25-13-14-28-22)19-10-7-17(15-21(19)24)4-3-16-5-8-18(9-6-16)23(26)27/h5-11,13-15H,12H2,1-2H3,(H,26,27). The first-order valence-corrected chi connectivity index (χ1v) is 9.92. The molecule has 4 rings (SSSR count). The van der Waals surface area contributed by atoms with E-state index in [2.05, 4.69) is 48.9 Å². The first-order chi connectivity index (χ1) is 13.4. The molecule has 3 nitrogen and oxygen atoms in total. The van der Waals surface area contributed by atoms with Crippen molar-refractivity contribution in [3.8, 4) is 11.8 Å². The van der Waals surface area contributed by atoms with Crippen LogP contribution in [-0.4, -0.2) is 16.1 Å². The van der Waals surface area contributed by atoms with Crippen LogP contribution in [-0.2, 0) is 5.41 Å². The maximum Gasteiger partial charge on any atom is 0.335 e. The lowest BCUT2D eigenvalue weighted by Gasteiger charge is -2.31. The van der Waals surface area contributed by atoms with Gasteiger partial charge in [0.15, 0.2) is 0 Å². The number of aromatic carboxylic acids is 1. The highest BCUT2D eigenvalue weighted by Gasteiger charge is 2.29. The molecule has 0 atom stereocenters. The van der Waals surface area contributed by atoms with E-state index in [1.807, 2.05) is 17.6 Å². The maximum atomic E-state index is 11.0.